The van der Waals surface area contributed by atoms with Gasteiger partial charge in [-0.3, -0.25) is 9.59 Å². The number of rotatable bonds is 40. The fraction of sp³-hybridized carbons (Fsp3) is 0.741. The lowest BCUT2D eigenvalue weighted by Gasteiger charge is -2.26. The van der Waals surface area contributed by atoms with Crippen LogP contribution in [0.5, 0.6) is 23.0 Å². The molecular weight excluding hydrogens is 745 g/mol. The van der Waals surface area contributed by atoms with E-state index in [1.165, 1.54) is 154 Å². The molecule has 0 spiro atoms. The summed E-state index contributed by atoms with van der Waals surface area (Å²) in [5.41, 5.74) is 1.21. The summed E-state index contributed by atoms with van der Waals surface area (Å²) in [5, 5.41) is 0. The van der Waals surface area contributed by atoms with Gasteiger partial charge < -0.3 is 18.9 Å². The molecule has 60 heavy (non-hydrogen) atoms. The first-order valence-corrected chi connectivity index (χ1v) is 25.5. The number of ketones is 2. The average molecular weight is 833 g/mol. The van der Waals surface area contributed by atoms with E-state index >= 15 is 0 Å². The van der Waals surface area contributed by atoms with Gasteiger partial charge in [0, 0.05) is 0 Å². The molecule has 0 amide bonds. The molecule has 0 aromatic heterocycles. The summed E-state index contributed by atoms with van der Waals surface area (Å²) in [6, 6.07) is 7.36. The van der Waals surface area contributed by atoms with Gasteiger partial charge >= 0.3 is 0 Å². The summed E-state index contributed by atoms with van der Waals surface area (Å²) in [5.74, 6) is 1.33. The minimum absolute atomic E-state index is 0.244. The highest BCUT2D eigenvalue weighted by Gasteiger charge is 2.40. The van der Waals surface area contributed by atoms with Crippen molar-refractivity contribution in [1.29, 1.82) is 0 Å². The fourth-order valence-electron chi connectivity index (χ4n) is 8.43. The SMILES string of the molecule is CCCCCCCCCCOc1ccc(OCCCCCCCCCC)c2c1C(=O)c1c(OCCCCCCCCCC)ccc(OCCCCCCCCCC)c1C2=O. The Labute approximate surface area is 368 Å². The van der Waals surface area contributed by atoms with E-state index in [2.05, 4.69) is 27.7 Å². The number of hydrogen-bond donors (Lipinski definition) is 0. The molecule has 0 unspecified atom stereocenters. The Morgan fingerprint density at radius 2 is 0.433 bits per heavy atom. The van der Waals surface area contributed by atoms with Crippen molar-refractivity contribution >= 4 is 11.6 Å². The van der Waals surface area contributed by atoms with E-state index in [1.807, 2.05) is 24.3 Å². The topological polar surface area (TPSA) is 71.1 Å². The van der Waals surface area contributed by atoms with Crippen LogP contribution in [-0.2, 0) is 0 Å². The third-order valence-corrected chi connectivity index (χ3v) is 12.2. The van der Waals surface area contributed by atoms with E-state index in [-0.39, 0.29) is 11.6 Å². The molecule has 6 heteroatoms. The summed E-state index contributed by atoms with van der Waals surface area (Å²) in [6.07, 6.45) is 38.3. The number of fused-ring (bicyclic) bond motifs is 2. The van der Waals surface area contributed by atoms with Gasteiger partial charge in [-0.05, 0) is 49.9 Å². The van der Waals surface area contributed by atoms with Crippen LogP contribution >= 0.6 is 0 Å². The van der Waals surface area contributed by atoms with E-state index in [4.69, 9.17) is 18.9 Å². The maximum atomic E-state index is 14.9. The van der Waals surface area contributed by atoms with Crippen LogP contribution in [-0.4, -0.2) is 38.0 Å². The highest BCUT2D eigenvalue weighted by molar-refractivity contribution is 6.32. The van der Waals surface area contributed by atoms with Crippen LogP contribution in [0, 0.1) is 0 Å². The van der Waals surface area contributed by atoms with Gasteiger partial charge in [-0.15, -0.1) is 0 Å². The molecule has 0 atom stereocenters. The van der Waals surface area contributed by atoms with Crippen LogP contribution in [0.15, 0.2) is 24.3 Å². The maximum absolute atomic E-state index is 14.9. The smallest absolute Gasteiger partial charge is 0.202 e. The van der Waals surface area contributed by atoms with E-state index in [1.54, 1.807) is 0 Å². The van der Waals surface area contributed by atoms with Gasteiger partial charge in [-0.25, -0.2) is 0 Å². The summed E-state index contributed by atoms with van der Waals surface area (Å²) in [6.45, 7) is 11.0. The van der Waals surface area contributed by atoms with Crippen LogP contribution in [0.3, 0.4) is 0 Å². The van der Waals surface area contributed by atoms with Crippen molar-refractivity contribution in [3.05, 3.63) is 46.5 Å². The molecule has 0 heterocycles. The zero-order chi connectivity index (χ0) is 42.9. The van der Waals surface area contributed by atoms with E-state index < -0.39 is 0 Å². The second kappa shape index (κ2) is 33.6. The average Bonchev–Trinajstić information content (AvgIpc) is 3.26. The van der Waals surface area contributed by atoms with Crippen molar-refractivity contribution in [2.24, 2.45) is 0 Å². The van der Waals surface area contributed by atoms with Gasteiger partial charge in [0.15, 0.2) is 0 Å². The number of carbonyl (C=O) groups is 2. The largest absolute Gasteiger partial charge is 0.493 e. The molecule has 340 valence electrons. The predicted octanol–water partition coefficient (Wildman–Crippen LogP) is 16.5. The van der Waals surface area contributed by atoms with Gasteiger partial charge in [-0.2, -0.15) is 0 Å². The molecule has 1 aliphatic rings. The summed E-state index contributed by atoms with van der Waals surface area (Å²) >= 11 is 0. The Morgan fingerprint density at radius 1 is 0.267 bits per heavy atom. The molecule has 0 bridgehead atoms. The summed E-state index contributed by atoms with van der Waals surface area (Å²) in [7, 11) is 0. The molecule has 0 fully saturated rings. The van der Waals surface area contributed by atoms with Crippen molar-refractivity contribution in [2.45, 2.75) is 233 Å². The lowest BCUT2D eigenvalue weighted by atomic mass is 9.82. The number of ether oxygens (including phenoxy) is 4. The van der Waals surface area contributed by atoms with E-state index in [9.17, 15) is 9.59 Å². The monoisotopic (exact) mass is 833 g/mol. The third kappa shape index (κ3) is 19.4. The van der Waals surface area contributed by atoms with Crippen LogP contribution in [0.1, 0.15) is 265 Å². The first kappa shape index (κ1) is 51.3. The molecule has 2 aromatic rings. The van der Waals surface area contributed by atoms with Crippen LogP contribution in [0.25, 0.3) is 0 Å². The van der Waals surface area contributed by atoms with Gasteiger partial charge in [-0.1, -0.05) is 207 Å². The van der Waals surface area contributed by atoms with E-state index in [0.717, 1.165) is 51.4 Å². The molecule has 3 rings (SSSR count). The molecular formula is C54H88O6. The molecule has 0 aliphatic heterocycles. The van der Waals surface area contributed by atoms with Crippen molar-refractivity contribution in [1.82, 2.24) is 0 Å². The molecule has 0 radical (unpaired) electrons. The highest BCUT2D eigenvalue weighted by Crippen LogP contribution is 2.44. The van der Waals surface area contributed by atoms with Crippen LogP contribution < -0.4 is 18.9 Å². The highest BCUT2D eigenvalue weighted by atomic mass is 16.5. The fourth-order valence-corrected chi connectivity index (χ4v) is 8.43. The summed E-state index contributed by atoms with van der Waals surface area (Å²) < 4.78 is 25.6. The molecule has 1 aliphatic carbocycles. The molecule has 0 N–H and O–H groups in total. The first-order chi connectivity index (χ1) is 29.6. The lowest BCUT2D eigenvalue weighted by Crippen LogP contribution is -2.25. The third-order valence-electron chi connectivity index (χ3n) is 12.2. The Morgan fingerprint density at radius 3 is 0.617 bits per heavy atom. The normalized spacial score (nSPS) is 12.1. The number of hydrogen-bond acceptors (Lipinski definition) is 6. The predicted molar refractivity (Wildman–Crippen MR) is 252 cm³/mol. The Kier molecular flexibility index (Phi) is 28.7. The first-order valence-electron chi connectivity index (χ1n) is 25.5. The van der Waals surface area contributed by atoms with Crippen molar-refractivity contribution in [3.63, 3.8) is 0 Å². The van der Waals surface area contributed by atoms with Gasteiger partial charge in [0.25, 0.3) is 0 Å². The minimum atomic E-state index is -0.244. The van der Waals surface area contributed by atoms with Crippen molar-refractivity contribution < 1.29 is 28.5 Å². The van der Waals surface area contributed by atoms with Crippen molar-refractivity contribution in [2.75, 3.05) is 26.4 Å². The Balaban J connectivity index is 1.82. The van der Waals surface area contributed by atoms with Gasteiger partial charge in [0.05, 0.1) is 48.7 Å². The van der Waals surface area contributed by atoms with E-state index in [0.29, 0.717) is 71.7 Å². The zero-order valence-corrected chi connectivity index (χ0v) is 39.2. The minimum Gasteiger partial charge on any atom is -0.493 e. The second-order valence-electron chi connectivity index (χ2n) is 17.6. The quantitative estimate of drug-likeness (QED) is 0.0532. The number of unbranched alkanes of at least 4 members (excludes halogenated alkanes) is 28. The molecule has 0 saturated heterocycles. The van der Waals surface area contributed by atoms with Gasteiger partial charge in [0.1, 0.15) is 23.0 Å². The second-order valence-corrected chi connectivity index (χ2v) is 17.6. The van der Waals surface area contributed by atoms with Gasteiger partial charge in [0.2, 0.25) is 11.6 Å². The molecule has 6 nitrogen and oxygen atoms in total. The number of benzene rings is 2. The standard InChI is InChI=1S/C54H88O6/c1-5-9-13-17-21-25-29-33-41-57-45-37-38-46(58-42-34-30-26-22-18-14-10-6-2)50-49(45)53(55)51-47(59-43-35-31-27-23-19-15-11-7-3)39-40-48(52(51)54(50)56)60-44-36-32-28-24-20-16-12-8-4/h37-40H,5-36,41-44H2,1-4H3. The van der Waals surface area contributed by atoms with Crippen LogP contribution in [0.4, 0.5) is 0 Å². The van der Waals surface area contributed by atoms with Crippen LogP contribution in [0.2, 0.25) is 0 Å². The van der Waals surface area contributed by atoms with Crippen molar-refractivity contribution in [3.8, 4) is 23.0 Å². The Bertz CT molecular complexity index is 1220. The molecule has 0 saturated carbocycles. The summed E-state index contributed by atoms with van der Waals surface area (Å²) in [4.78, 5) is 29.9. The maximum Gasteiger partial charge on any atom is 0.202 e. The lowest BCUT2D eigenvalue weighted by molar-refractivity contribution is 0.0964. The molecule has 2 aromatic carbocycles. The number of carbonyl (C=O) groups excluding carboxylic acids is 2. The zero-order valence-electron chi connectivity index (χ0n) is 39.2. The Hall–Kier alpha value is -3.02.